The highest BCUT2D eigenvalue weighted by molar-refractivity contribution is 8.00. The first-order valence-corrected chi connectivity index (χ1v) is 13.0. The van der Waals surface area contributed by atoms with Crippen LogP contribution in [0, 0.1) is 6.92 Å². The zero-order valence-corrected chi connectivity index (χ0v) is 19.1. The molecule has 3 rings (SSSR count). The summed E-state index contributed by atoms with van der Waals surface area (Å²) in [6.07, 6.45) is 6.81. The second-order valence-corrected chi connectivity index (χ2v) is 10.9. The summed E-state index contributed by atoms with van der Waals surface area (Å²) in [5.74, 6) is 4.27. The van der Waals surface area contributed by atoms with Crippen LogP contribution in [0.5, 0.6) is 0 Å². The summed E-state index contributed by atoms with van der Waals surface area (Å²) in [5.41, 5.74) is 2.48. The van der Waals surface area contributed by atoms with Crippen molar-refractivity contribution < 1.29 is 0 Å². The fourth-order valence-electron chi connectivity index (χ4n) is 2.39. The summed E-state index contributed by atoms with van der Waals surface area (Å²) in [7, 11) is 0. The third-order valence-electron chi connectivity index (χ3n) is 3.85. The second kappa shape index (κ2) is 11.4. The van der Waals surface area contributed by atoms with Gasteiger partial charge in [0.1, 0.15) is 0 Å². The van der Waals surface area contributed by atoms with Crippen LogP contribution in [0.4, 0.5) is 0 Å². The van der Waals surface area contributed by atoms with E-state index in [1.807, 2.05) is 72.1 Å². The van der Waals surface area contributed by atoms with E-state index < -0.39 is 0 Å². The summed E-state index contributed by atoms with van der Waals surface area (Å²) in [6.45, 7) is 2.19. The Bertz CT molecular complexity index is 839. The Balaban J connectivity index is 1.40. The number of thioether (sulfide) groups is 3. The van der Waals surface area contributed by atoms with Crippen LogP contribution < -0.4 is 0 Å². The highest BCUT2D eigenvalue weighted by atomic mass is 35.5. The Labute approximate surface area is 182 Å². The second-order valence-electron chi connectivity index (χ2n) is 5.81. The van der Waals surface area contributed by atoms with Crippen molar-refractivity contribution >= 4 is 58.2 Å². The fraction of sp³-hybridized carbons (Fsp3) is 0.300. The van der Waals surface area contributed by atoms with E-state index in [0.29, 0.717) is 0 Å². The molecule has 0 bridgehead atoms. The van der Waals surface area contributed by atoms with Gasteiger partial charge in [-0.3, -0.25) is 9.97 Å². The number of halogens is 1. The third kappa shape index (κ3) is 7.02. The molecule has 0 saturated heterocycles. The van der Waals surface area contributed by atoms with Crippen molar-refractivity contribution in [1.29, 1.82) is 0 Å². The number of thiophene rings is 1. The van der Waals surface area contributed by atoms with Gasteiger partial charge in [-0.2, -0.15) is 11.8 Å². The van der Waals surface area contributed by atoms with Crippen molar-refractivity contribution in [2.75, 3.05) is 11.5 Å². The Morgan fingerprint density at radius 2 is 1.81 bits per heavy atom. The predicted molar refractivity (Wildman–Crippen MR) is 124 cm³/mol. The normalized spacial score (nSPS) is 11.0. The van der Waals surface area contributed by atoms with E-state index in [1.165, 1.54) is 38.1 Å². The number of nitrogens with zero attached hydrogens (tertiary/aromatic N) is 2. The van der Waals surface area contributed by atoms with Gasteiger partial charge in [-0.05, 0) is 60.7 Å². The summed E-state index contributed by atoms with van der Waals surface area (Å²) < 4.78 is 0.882. The van der Waals surface area contributed by atoms with Gasteiger partial charge < -0.3 is 0 Å². The molecule has 0 aromatic carbocycles. The summed E-state index contributed by atoms with van der Waals surface area (Å²) in [4.78, 5) is 12.6. The molecule has 7 heteroatoms. The zero-order valence-electron chi connectivity index (χ0n) is 15.1. The molecule has 0 fully saturated rings. The van der Waals surface area contributed by atoms with Crippen LogP contribution in [-0.4, -0.2) is 21.5 Å². The quantitative estimate of drug-likeness (QED) is 0.239. The van der Waals surface area contributed by atoms with Gasteiger partial charge in [0.2, 0.25) is 0 Å². The summed E-state index contributed by atoms with van der Waals surface area (Å²) in [6, 6.07) is 10.3. The lowest BCUT2D eigenvalue weighted by atomic mass is 10.2. The van der Waals surface area contributed by atoms with Crippen molar-refractivity contribution in [1.82, 2.24) is 9.97 Å². The number of hydrogen-bond acceptors (Lipinski definition) is 6. The monoisotopic (exact) mass is 452 g/mol. The maximum Gasteiger partial charge on any atom is 0.0931 e. The van der Waals surface area contributed by atoms with Crippen molar-refractivity contribution in [2.45, 2.75) is 34.6 Å². The molecule has 3 aromatic rings. The first-order chi connectivity index (χ1) is 13.2. The zero-order chi connectivity index (χ0) is 18.9. The van der Waals surface area contributed by atoms with Crippen LogP contribution in [0.15, 0.2) is 58.7 Å². The molecule has 0 radical (unpaired) electrons. The standard InChI is InChI=1S/C20H21ClN2S4/c1-15-18(14-26-16-5-8-22-9-6-16)23-10-7-19(15)25-12-2-11-24-13-17-3-4-20(21)27-17/h3-10H,2,11-14H2,1H3. The molecule has 0 amide bonds. The summed E-state index contributed by atoms with van der Waals surface area (Å²) in [5, 5.41) is 0. The molecule has 27 heavy (non-hydrogen) atoms. The predicted octanol–water partition coefficient (Wildman–Crippen LogP) is 7.21. The van der Waals surface area contributed by atoms with Crippen LogP contribution in [-0.2, 0) is 11.5 Å². The van der Waals surface area contributed by atoms with E-state index in [-0.39, 0.29) is 0 Å². The van der Waals surface area contributed by atoms with E-state index in [0.717, 1.165) is 21.6 Å². The molecule has 0 N–H and O–H groups in total. The molecule has 142 valence electrons. The van der Waals surface area contributed by atoms with Crippen LogP contribution in [0.25, 0.3) is 0 Å². The highest BCUT2D eigenvalue weighted by Gasteiger charge is 2.07. The Morgan fingerprint density at radius 1 is 0.963 bits per heavy atom. The minimum Gasteiger partial charge on any atom is -0.265 e. The van der Waals surface area contributed by atoms with Crippen molar-refractivity contribution in [3.63, 3.8) is 0 Å². The Hall–Kier alpha value is -0.660. The van der Waals surface area contributed by atoms with E-state index in [2.05, 4.69) is 29.0 Å². The summed E-state index contributed by atoms with van der Waals surface area (Å²) >= 11 is 13.4. The lowest BCUT2D eigenvalue weighted by molar-refractivity contribution is 1.07. The van der Waals surface area contributed by atoms with Gasteiger partial charge in [-0.15, -0.1) is 34.9 Å². The SMILES string of the molecule is Cc1c(SCCCSCc2ccc(Cl)s2)ccnc1CSc1ccncc1. The fourth-order valence-corrected chi connectivity index (χ4v) is 6.64. The lowest BCUT2D eigenvalue weighted by Crippen LogP contribution is -1.95. The molecule has 3 aromatic heterocycles. The number of aromatic nitrogens is 2. The smallest absolute Gasteiger partial charge is 0.0931 e. The van der Waals surface area contributed by atoms with E-state index in [9.17, 15) is 0 Å². The molecular formula is C20H21ClN2S4. The highest BCUT2D eigenvalue weighted by Crippen LogP contribution is 2.29. The topological polar surface area (TPSA) is 25.8 Å². The molecule has 0 saturated carbocycles. The van der Waals surface area contributed by atoms with Crippen molar-refractivity contribution in [3.8, 4) is 0 Å². The third-order valence-corrected chi connectivity index (χ3v) is 8.62. The molecule has 0 unspecified atom stereocenters. The van der Waals surface area contributed by atoms with Gasteiger partial charge in [0.05, 0.1) is 10.0 Å². The van der Waals surface area contributed by atoms with Crippen molar-refractivity contribution in [3.05, 3.63) is 69.4 Å². The molecule has 2 nitrogen and oxygen atoms in total. The molecule has 0 atom stereocenters. The average molecular weight is 453 g/mol. The van der Waals surface area contributed by atoms with Crippen LogP contribution in [0.3, 0.4) is 0 Å². The minimum atomic E-state index is 0.882. The van der Waals surface area contributed by atoms with Crippen molar-refractivity contribution in [2.24, 2.45) is 0 Å². The number of rotatable bonds is 10. The first kappa shape index (κ1) is 21.1. The largest absolute Gasteiger partial charge is 0.265 e. The number of pyridine rings is 2. The van der Waals surface area contributed by atoms with Crippen LogP contribution in [0.1, 0.15) is 22.6 Å². The molecule has 0 aliphatic rings. The molecular weight excluding hydrogens is 432 g/mol. The molecule has 0 spiro atoms. The molecule has 3 heterocycles. The van der Waals surface area contributed by atoms with Gasteiger partial charge in [-0.1, -0.05) is 11.6 Å². The number of hydrogen-bond donors (Lipinski definition) is 0. The maximum absolute atomic E-state index is 5.97. The van der Waals surface area contributed by atoms with Gasteiger partial charge in [-0.25, -0.2) is 0 Å². The maximum atomic E-state index is 5.97. The molecule has 0 aliphatic heterocycles. The van der Waals surface area contributed by atoms with Gasteiger partial charge in [0, 0.05) is 44.8 Å². The minimum absolute atomic E-state index is 0.882. The molecule has 0 aliphatic carbocycles. The Morgan fingerprint density at radius 3 is 2.59 bits per heavy atom. The van der Waals surface area contributed by atoms with Gasteiger partial charge >= 0.3 is 0 Å². The van der Waals surface area contributed by atoms with E-state index in [4.69, 9.17) is 11.6 Å². The van der Waals surface area contributed by atoms with E-state index in [1.54, 1.807) is 11.3 Å². The van der Waals surface area contributed by atoms with E-state index >= 15 is 0 Å². The first-order valence-electron chi connectivity index (χ1n) is 8.64. The van der Waals surface area contributed by atoms with Gasteiger partial charge in [0.15, 0.2) is 0 Å². The van der Waals surface area contributed by atoms with Crippen LogP contribution in [0.2, 0.25) is 4.34 Å². The Kier molecular flexibility index (Phi) is 8.87. The van der Waals surface area contributed by atoms with Gasteiger partial charge in [0.25, 0.3) is 0 Å². The van der Waals surface area contributed by atoms with Crippen LogP contribution >= 0.6 is 58.2 Å². The lowest BCUT2D eigenvalue weighted by Gasteiger charge is -2.10. The average Bonchev–Trinajstić information content (AvgIpc) is 3.10.